The first kappa shape index (κ1) is 19.9. The summed E-state index contributed by atoms with van der Waals surface area (Å²) in [6, 6.07) is 17.4. The number of carbonyl (C=O) groups excluding carboxylic acids is 2. The number of rotatable bonds is 5. The highest BCUT2D eigenvalue weighted by molar-refractivity contribution is 6.05. The summed E-state index contributed by atoms with van der Waals surface area (Å²) < 4.78 is 9.75. The van der Waals surface area contributed by atoms with E-state index in [1.807, 2.05) is 54.6 Å². The van der Waals surface area contributed by atoms with Gasteiger partial charge < -0.3 is 14.4 Å². The fourth-order valence-corrected chi connectivity index (χ4v) is 2.99. The average Bonchev–Trinajstić information content (AvgIpc) is 3.01. The molecule has 0 aromatic heterocycles. The van der Waals surface area contributed by atoms with Crippen molar-refractivity contribution in [3.8, 4) is 0 Å². The molecule has 2 aromatic rings. The van der Waals surface area contributed by atoms with Crippen LogP contribution in [0.15, 0.2) is 96.9 Å². The van der Waals surface area contributed by atoms with Gasteiger partial charge in [0.05, 0.1) is 19.8 Å². The molecule has 1 aliphatic heterocycles. The van der Waals surface area contributed by atoms with Crippen LogP contribution >= 0.6 is 0 Å². The number of hydrogen-bond acceptors (Lipinski definition) is 5. The second-order valence-electron chi connectivity index (χ2n) is 6.21. The number of hydrogen-bond donors (Lipinski definition) is 0. The fourth-order valence-electron chi connectivity index (χ4n) is 2.99. The molecule has 0 fully saturated rings. The van der Waals surface area contributed by atoms with Crippen LogP contribution in [0.3, 0.4) is 0 Å². The third-order valence-corrected chi connectivity index (χ3v) is 4.51. The summed E-state index contributed by atoms with van der Waals surface area (Å²) in [5.41, 5.74) is 3.76. The summed E-state index contributed by atoms with van der Waals surface area (Å²) in [5.74, 6) is -1.26. The SMILES string of the molecule is C=C(c1ccccc1)c1ccc(N2C=CC=CC(C(=O)OC)=C2C(=O)OC)cc1. The third-order valence-electron chi connectivity index (χ3n) is 4.51. The monoisotopic (exact) mass is 387 g/mol. The van der Waals surface area contributed by atoms with Crippen LogP contribution in [0.2, 0.25) is 0 Å². The Hall–Kier alpha value is -3.86. The number of esters is 2. The van der Waals surface area contributed by atoms with E-state index in [1.165, 1.54) is 20.3 Å². The van der Waals surface area contributed by atoms with Crippen LogP contribution in [0.5, 0.6) is 0 Å². The number of nitrogens with zero attached hydrogens (tertiary/aromatic N) is 1. The molecule has 3 rings (SSSR count). The first-order chi connectivity index (χ1) is 14.1. The lowest BCUT2D eigenvalue weighted by atomic mass is 9.99. The smallest absolute Gasteiger partial charge is 0.355 e. The van der Waals surface area contributed by atoms with E-state index >= 15 is 0 Å². The van der Waals surface area contributed by atoms with Crippen molar-refractivity contribution in [3.05, 3.63) is 108 Å². The molecule has 146 valence electrons. The van der Waals surface area contributed by atoms with Gasteiger partial charge in [-0.3, -0.25) is 0 Å². The number of anilines is 1. The normalized spacial score (nSPS) is 13.1. The average molecular weight is 387 g/mol. The molecule has 29 heavy (non-hydrogen) atoms. The molecule has 0 aliphatic carbocycles. The number of carbonyl (C=O) groups is 2. The maximum atomic E-state index is 12.5. The molecular formula is C24H21NO4. The molecule has 1 heterocycles. The molecule has 0 saturated heterocycles. The van der Waals surface area contributed by atoms with Gasteiger partial charge in [0.25, 0.3) is 0 Å². The standard InChI is InChI=1S/C24H21NO4/c1-17(18-9-5-4-6-10-18)19-12-14-20(15-13-19)25-16-8-7-11-21(23(26)28-2)22(25)24(27)29-3/h4-16H,1H2,2-3H3. The minimum Gasteiger partial charge on any atom is -0.465 e. The van der Waals surface area contributed by atoms with Crippen LogP contribution in [-0.4, -0.2) is 26.2 Å². The zero-order valence-electron chi connectivity index (χ0n) is 16.3. The number of ether oxygens (including phenoxy) is 2. The van der Waals surface area contributed by atoms with E-state index in [4.69, 9.17) is 9.47 Å². The third kappa shape index (κ3) is 4.19. The van der Waals surface area contributed by atoms with Crippen LogP contribution in [0.25, 0.3) is 5.57 Å². The van der Waals surface area contributed by atoms with Gasteiger partial charge in [-0.1, -0.05) is 55.1 Å². The Labute approximate surface area is 169 Å². The summed E-state index contributed by atoms with van der Waals surface area (Å²) in [5, 5.41) is 0. The molecule has 0 saturated carbocycles. The Morgan fingerprint density at radius 3 is 2.07 bits per heavy atom. The van der Waals surface area contributed by atoms with E-state index in [1.54, 1.807) is 23.3 Å². The van der Waals surface area contributed by atoms with Crippen molar-refractivity contribution in [2.24, 2.45) is 0 Å². The van der Waals surface area contributed by atoms with Crippen LogP contribution in [0.4, 0.5) is 5.69 Å². The first-order valence-electron chi connectivity index (χ1n) is 8.96. The Kier molecular flexibility index (Phi) is 6.09. The molecule has 2 aromatic carbocycles. The Morgan fingerprint density at radius 2 is 1.45 bits per heavy atom. The van der Waals surface area contributed by atoms with Gasteiger partial charge in [0.1, 0.15) is 5.70 Å². The number of methoxy groups -OCH3 is 2. The molecule has 5 nitrogen and oxygen atoms in total. The van der Waals surface area contributed by atoms with E-state index < -0.39 is 11.9 Å². The highest BCUT2D eigenvalue weighted by atomic mass is 16.5. The van der Waals surface area contributed by atoms with E-state index in [-0.39, 0.29) is 11.3 Å². The molecule has 0 atom stereocenters. The highest BCUT2D eigenvalue weighted by Gasteiger charge is 2.27. The van der Waals surface area contributed by atoms with Gasteiger partial charge in [-0.25, -0.2) is 9.59 Å². The lowest BCUT2D eigenvalue weighted by Crippen LogP contribution is -2.26. The molecule has 0 radical (unpaired) electrons. The second kappa shape index (κ2) is 8.89. The van der Waals surface area contributed by atoms with Crippen LogP contribution < -0.4 is 4.90 Å². The van der Waals surface area contributed by atoms with Crippen molar-refractivity contribution in [1.29, 1.82) is 0 Å². The Balaban J connectivity index is 2.00. The summed E-state index contributed by atoms with van der Waals surface area (Å²) in [6.07, 6.45) is 6.62. The van der Waals surface area contributed by atoms with Gasteiger partial charge in [-0.15, -0.1) is 0 Å². The quantitative estimate of drug-likeness (QED) is 0.719. The zero-order valence-corrected chi connectivity index (χ0v) is 16.3. The second-order valence-corrected chi connectivity index (χ2v) is 6.21. The summed E-state index contributed by atoms with van der Waals surface area (Å²) >= 11 is 0. The summed E-state index contributed by atoms with van der Waals surface area (Å²) in [4.78, 5) is 26.3. The lowest BCUT2D eigenvalue weighted by molar-refractivity contribution is -0.139. The maximum absolute atomic E-state index is 12.5. The van der Waals surface area contributed by atoms with E-state index in [0.717, 1.165) is 16.7 Å². The molecule has 0 amide bonds. The van der Waals surface area contributed by atoms with Gasteiger partial charge in [0.15, 0.2) is 0 Å². The van der Waals surface area contributed by atoms with Gasteiger partial charge in [-0.05, 0) is 41.0 Å². The first-order valence-corrected chi connectivity index (χ1v) is 8.96. The van der Waals surface area contributed by atoms with Crippen LogP contribution in [-0.2, 0) is 19.1 Å². The van der Waals surface area contributed by atoms with Gasteiger partial charge in [0.2, 0.25) is 0 Å². The van der Waals surface area contributed by atoms with Gasteiger partial charge >= 0.3 is 11.9 Å². The Morgan fingerprint density at radius 1 is 0.828 bits per heavy atom. The zero-order chi connectivity index (χ0) is 20.8. The number of benzene rings is 2. The van der Waals surface area contributed by atoms with Gasteiger partial charge in [0, 0.05) is 11.9 Å². The molecular weight excluding hydrogens is 366 g/mol. The minimum absolute atomic E-state index is 0.0824. The van der Waals surface area contributed by atoms with Crippen molar-refractivity contribution in [2.75, 3.05) is 19.1 Å². The van der Waals surface area contributed by atoms with Gasteiger partial charge in [-0.2, -0.15) is 0 Å². The van der Waals surface area contributed by atoms with E-state index in [2.05, 4.69) is 6.58 Å². The van der Waals surface area contributed by atoms with Crippen molar-refractivity contribution in [3.63, 3.8) is 0 Å². The van der Waals surface area contributed by atoms with E-state index in [0.29, 0.717) is 5.69 Å². The minimum atomic E-state index is -0.639. The molecule has 0 bridgehead atoms. The van der Waals surface area contributed by atoms with Crippen LogP contribution in [0, 0.1) is 0 Å². The largest absolute Gasteiger partial charge is 0.465 e. The Bertz CT molecular complexity index is 1010. The molecule has 0 N–H and O–H groups in total. The molecule has 0 unspecified atom stereocenters. The van der Waals surface area contributed by atoms with Crippen molar-refractivity contribution < 1.29 is 19.1 Å². The fraction of sp³-hybridized carbons (Fsp3) is 0.0833. The topological polar surface area (TPSA) is 55.8 Å². The maximum Gasteiger partial charge on any atom is 0.355 e. The molecule has 5 heteroatoms. The summed E-state index contributed by atoms with van der Waals surface area (Å²) in [6.45, 7) is 4.17. The predicted molar refractivity (Wildman–Crippen MR) is 113 cm³/mol. The predicted octanol–water partition coefficient (Wildman–Crippen LogP) is 4.24. The van der Waals surface area contributed by atoms with Crippen molar-refractivity contribution in [1.82, 2.24) is 0 Å². The number of allylic oxidation sites excluding steroid dienone is 2. The van der Waals surface area contributed by atoms with Crippen molar-refractivity contribution in [2.45, 2.75) is 0 Å². The molecule has 1 aliphatic rings. The highest BCUT2D eigenvalue weighted by Crippen LogP contribution is 2.29. The summed E-state index contributed by atoms with van der Waals surface area (Å²) in [7, 11) is 2.54. The van der Waals surface area contributed by atoms with Crippen LogP contribution in [0.1, 0.15) is 11.1 Å². The lowest BCUT2D eigenvalue weighted by Gasteiger charge is -2.23. The van der Waals surface area contributed by atoms with E-state index in [9.17, 15) is 9.59 Å². The van der Waals surface area contributed by atoms with Crippen molar-refractivity contribution >= 4 is 23.2 Å². The molecule has 0 spiro atoms.